The number of amides is 1. The molecule has 0 N–H and O–H groups in total. The predicted octanol–water partition coefficient (Wildman–Crippen LogP) is 4.24. The highest BCUT2D eigenvalue weighted by Crippen LogP contribution is 2.30. The second-order valence-corrected chi connectivity index (χ2v) is 9.00. The normalized spacial score (nSPS) is 16.2. The number of rotatable bonds is 8. The van der Waals surface area contributed by atoms with Gasteiger partial charge < -0.3 is 19.3 Å². The summed E-state index contributed by atoms with van der Waals surface area (Å²) in [5.74, 6) is 0.359. The summed E-state index contributed by atoms with van der Waals surface area (Å²) in [6.07, 6.45) is 1.68. The Labute approximate surface area is 204 Å². The van der Waals surface area contributed by atoms with Crippen molar-refractivity contribution in [3.05, 3.63) is 71.5 Å². The monoisotopic (exact) mass is 476 g/mol. The molecule has 2 fully saturated rings. The molecule has 1 amide bonds. The number of nitrogens with zero attached hydrogens (tertiary/aromatic N) is 2. The molecule has 182 valence electrons. The number of hydrogen-bond acceptors (Lipinski definition) is 5. The van der Waals surface area contributed by atoms with Crippen LogP contribution in [0.15, 0.2) is 54.6 Å². The van der Waals surface area contributed by atoms with Crippen LogP contribution in [0.25, 0.3) is 10.8 Å². The van der Waals surface area contributed by atoms with Crippen molar-refractivity contribution in [1.82, 2.24) is 4.90 Å². The van der Waals surface area contributed by atoms with Crippen LogP contribution in [0.3, 0.4) is 0 Å². The van der Waals surface area contributed by atoms with E-state index in [4.69, 9.17) is 9.47 Å². The van der Waals surface area contributed by atoms with Gasteiger partial charge in [0.15, 0.2) is 5.78 Å². The lowest BCUT2D eigenvalue weighted by molar-refractivity contribution is -0.128. The van der Waals surface area contributed by atoms with Gasteiger partial charge in [-0.2, -0.15) is 0 Å². The highest BCUT2D eigenvalue weighted by molar-refractivity contribution is 6.01. The molecule has 0 bridgehead atoms. The zero-order chi connectivity index (χ0) is 24.2. The SMILES string of the molecule is O=C(Cc1ccc(OCCN2CCCC2=O)c2ccccc12)c1cc(F)cc(N2CCOCC2)c1. The van der Waals surface area contributed by atoms with E-state index in [0.29, 0.717) is 57.1 Å². The molecule has 0 unspecified atom stereocenters. The molecule has 2 heterocycles. The third-order valence-corrected chi connectivity index (χ3v) is 6.70. The van der Waals surface area contributed by atoms with E-state index in [1.165, 1.54) is 12.1 Å². The van der Waals surface area contributed by atoms with E-state index >= 15 is 0 Å². The summed E-state index contributed by atoms with van der Waals surface area (Å²) in [4.78, 5) is 28.9. The summed E-state index contributed by atoms with van der Waals surface area (Å²) in [7, 11) is 0. The molecule has 2 aliphatic heterocycles. The Bertz CT molecular complexity index is 1240. The van der Waals surface area contributed by atoms with Gasteiger partial charge in [0, 0.05) is 49.1 Å². The number of Topliss-reactive ketones (excluding diaryl/α,β-unsaturated/α-hetero) is 1. The van der Waals surface area contributed by atoms with Crippen LogP contribution in [0.2, 0.25) is 0 Å². The summed E-state index contributed by atoms with van der Waals surface area (Å²) in [6, 6.07) is 16.1. The second-order valence-electron chi connectivity index (χ2n) is 9.00. The molecule has 35 heavy (non-hydrogen) atoms. The van der Waals surface area contributed by atoms with E-state index in [1.54, 1.807) is 6.07 Å². The molecular formula is C28H29FN2O4. The van der Waals surface area contributed by atoms with Crippen molar-refractivity contribution in [1.29, 1.82) is 0 Å². The number of likely N-dealkylation sites (tertiary alicyclic amines) is 1. The number of ketones is 1. The minimum Gasteiger partial charge on any atom is -0.491 e. The molecule has 0 aromatic heterocycles. The van der Waals surface area contributed by atoms with Gasteiger partial charge in [0.2, 0.25) is 5.91 Å². The van der Waals surface area contributed by atoms with E-state index in [0.717, 1.165) is 35.1 Å². The van der Waals surface area contributed by atoms with Crippen LogP contribution in [0, 0.1) is 5.82 Å². The quantitative estimate of drug-likeness (QED) is 0.455. The lowest BCUT2D eigenvalue weighted by Crippen LogP contribution is -2.36. The Morgan fingerprint density at radius 1 is 1.00 bits per heavy atom. The molecule has 0 saturated carbocycles. The fourth-order valence-corrected chi connectivity index (χ4v) is 4.83. The number of fused-ring (bicyclic) bond motifs is 1. The summed E-state index contributed by atoms with van der Waals surface area (Å²) < 4.78 is 25.8. The highest BCUT2D eigenvalue weighted by atomic mass is 19.1. The molecule has 5 rings (SSSR count). The van der Waals surface area contributed by atoms with Crippen LogP contribution < -0.4 is 9.64 Å². The number of morpholine rings is 1. The van der Waals surface area contributed by atoms with Crippen LogP contribution in [-0.2, 0) is 16.0 Å². The van der Waals surface area contributed by atoms with E-state index in [1.807, 2.05) is 46.2 Å². The minimum atomic E-state index is -0.414. The Morgan fingerprint density at radius 3 is 2.57 bits per heavy atom. The van der Waals surface area contributed by atoms with Gasteiger partial charge in [-0.05, 0) is 41.6 Å². The number of benzene rings is 3. The van der Waals surface area contributed by atoms with E-state index in [2.05, 4.69) is 0 Å². The van der Waals surface area contributed by atoms with Crippen LogP contribution in [0.1, 0.15) is 28.8 Å². The number of anilines is 1. The van der Waals surface area contributed by atoms with Crippen LogP contribution in [0.5, 0.6) is 5.75 Å². The minimum absolute atomic E-state index is 0.134. The van der Waals surface area contributed by atoms with Crippen molar-refractivity contribution in [3.63, 3.8) is 0 Å². The number of ether oxygens (including phenoxy) is 2. The Balaban J connectivity index is 1.33. The molecule has 0 radical (unpaired) electrons. The summed E-state index contributed by atoms with van der Waals surface area (Å²) in [5, 5.41) is 1.85. The van der Waals surface area contributed by atoms with Gasteiger partial charge in [-0.1, -0.05) is 30.3 Å². The first kappa shape index (κ1) is 23.3. The van der Waals surface area contributed by atoms with Gasteiger partial charge >= 0.3 is 0 Å². The van der Waals surface area contributed by atoms with Gasteiger partial charge in [-0.3, -0.25) is 9.59 Å². The van der Waals surface area contributed by atoms with Crippen molar-refractivity contribution in [3.8, 4) is 5.75 Å². The maximum atomic E-state index is 14.4. The largest absolute Gasteiger partial charge is 0.491 e. The first-order chi connectivity index (χ1) is 17.1. The fraction of sp³-hybridized carbons (Fsp3) is 0.357. The van der Waals surface area contributed by atoms with Crippen molar-refractivity contribution >= 4 is 28.2 Å². The summed E-state index contributed by atoms with van der Waals surface area (Å²) in [5.41, 5.74) is 1.94. The zero-order valence-corrected chi connectivity index (χ0v) is 19.7. The molecule has 0 spiro atoms. The zero-order valence-electron chi connectivity index (χ0n) is 19.7. The predicted molar refractivity (Wildman–Crippen MR) is 133 cm³/mol. The molecule has 3 aromatic carbocycles. The van der Waals surface area contributed by atoms with Crippen molar-refractivity contribution in [2.24, 2.45) is 0 Å². The highest BCUT2D eigenvalue weighted by Gasteiger charge is 2.20. The molecule has 0 aliphatic carbocycles. The van der Waals surface area contributed by atoms with E-state index in [9.17, 15) is 14.0 Å². The standard InChI is InChI=1S/C28H29FN2O4/c29-22-16-21(17-23(19-22)30-10-13-34-14-11-30)26(32)18-20-7-8-27(25-5-2-1-4-24(20)25)35-15-12-31-9-3-6-28(31)33/h1-2,4-5,7-8,16-17,19H,3,6,9-15,18H2. The molecule has 2 aliphatic rings. The Hall–Kier alpha value is -3.45. The molecule has 2 saturated heterocycles. The number of hydrogen-bond donors (Lipinski definition) is 0. The van der Waals surface area contributed by atoms with Crippen molar-refractivity contribution < 1.29 is 23.5 Å². The maximum Gasteiger partial charge on any atom is 0.222 e. The number of halogens is 1. The average molecular weight is 477 g/mol. The van der Waals surface area contributed by atoms with E-state index < -0.39 is 5.82 Å². The molecule has 6 nitrogen and oxygen atoms in total. The van der Waals surface area contributed by atoms with Crippen LogP contribution in [-0.4, -0.2) is 62.6 Å². The number of carbonyl (C=O) groups is 2. The average Bonchev–Trinajstić information content (AvgIpc) is 3.29. The van der Waals surface area contributed by atoms with Gasteiger partial charge in [-0.15, -0.1) is 0 Å². The van der Waals surface area contributed by atoms with Crippen LogP contribution in [0.4, 0.5) is 10.1 Å². The lowest BCUT2D eigenvalue weighted by Gasteiger charge is -2.29. The van der Waals surface area contributed by atoms with Crippen LogP contribution >= 0.6 is 0 Å². The molecule has 0 atom stereocenters. The van der Waals surface area contributed by atoms with Gasteiger partial charge in [0.25, 0.3) is 0 Å². The van der Waals surface area contributed by atoms with Crippen molar-refractivity contribution in [2.45, 2.75) is 19.3 Å². The number of carbonyl (C=O) groups excluding carboxylic acids is 2. The first-order valence-electron chi connectivity index (χ1n) is 12.2. The molecule has 3 aromatic rings. The van der Waals surface area contributed by atoms with Crippen molar-refractivity contribution in [2.75, 3.05) is 50.9 Å². The topological polar surface area (TPSA) is 59.1 Å². The lowest BCUT2D eigenvalue weighted by atomic mass is 9.97. The second kappa shape index (κ2) is 10.4. The summed E-state index contributed by atoms with van der Waals surface area (Å²) >= 11 is 0. The summed E-state index contributed by atoms with van der Waals surface area (Å²) in [6.45, 7) is 4.31. The Kier molecular flexibility index (Phi) is 6.95. The third-order valence-electron chi connectivity index (χ3n) is 6.70. The molecular weight excluding hydrogens is 447 g/mol. The first-order valence-corrected chi connectivity index (χ1v) is 12.2. The molecule has 7 heteroatoms. The van der Waals surface area contributed by atoms with Gasteiger partial charge in [0.1, 0.15) is 18.2 Å². The van der Waals surface area contributed by atoms with Gasteiger partial charge in [-0.25, -0.2) is 4.39 Å². The third kappa shape index (κ3) is 5.30. The van der Waals surface area contributed by atoms with E-state index in [-0.39, 0.29) is 18.1 Å². The Morgan fingerprint density at radius 2 is 1.80 bits per heavy atom. The van der Waals surface area contributed by atoms with Gasteiger partial charge in [0.05, 0.1) is 19.8 Å². The smallest absolute Gasteiger partial charge is 0.222 e. The maximum absolute atomic E-state index is 14.4. The fourth-order valence-electron chi connectivity index (χ4n) is 4.83.